The van der Waals surface area contributed by atoms with E-state index >= 15 is 0 Å². The smallest absolute Gasteiger partial charge is 0.332 e. The minimum absolute atomic E-state index is 0.114. The Labute approximate surface area is 261 Å². The number of rotatable bonds is 10. The molecule has 0 unspecified atom stereocenters. The zero-order valence-electron chi connectivity index (χ0n) is 25.6. The average Bonchev–Trinajstić information content (AvgIpc) is 3.44. The van der Waals surface area contributed by atoms with Crippen LogP contribution in [0.1, 0.15) is 80.1 Å². The SMILES string of the molecule is O=C(O)/C=C/c1ccc(-c2nc3c(c(=O)n(CC4CCCCC4)c(=O)n3CC3CCCCC3)n2CC(=O)c2ccccc2)cc1. The van der Waals surface area contributed by atoms with Crippen LogP contribution in [0.25, 0.3) is 28.6 Å². The molecule has 6 rings (SSSR count). The Bertz CT molecular complexity index is 1820. The van der Waals surface area contributed by atoms with E-state index in [1.165, 1.54) is 23.5 Å². The zero-order chi connectivity index (χ0) is 31.3. The van der Waals surface area contributed by atoms with Crippen molar-refractivity contribution in [1.29, 1.82) is 0 Å². The van der Waals surface area contributed by atoms with Gasteiger partial charge in [-0.25, -0.2) is 14.6 Å². The van der Waals surface area contributed by atoms with Crippen molar-refractivity contribution >= 4 is 29.0 Å². The molecule has 9 nitrogen and oxygen atoms in total. The number of carbonyl (C=O) groups is 2. The average molecular weight is 609 g/mol. The predicted octanol–water partition coefficient (Wildman–Crippen LogP) is 6.17. The number of aliphatic carboxylic acids is 1. The van der Waals surface area contributed by atoms with Gasteiger partial charge in [0.15, 0.2) is 16.9 Å². The van der Waals surface area contributed by atoms with Gasteiger partial charge in [-0.1, -0.05) is 93.1 Å². The number of carboxylic acids is 1. The van der Waals surface area contributed by atoms with E-state index in [1.54, 1.807) is 45.5 Å². The fourth-order valence-electron chi connectivity index (χ4n) is 7.02. The molecule has 2 aromatic heterocycles. The van der Waals surface area contributed by atoms with Gasteiger partial charge in [0.2, 0.25) is 0 Å². The molecule has 0 aliphatic heterocycles. The van der Waals surface area contributed by atoms with Gasteiger partial charge in [-0.05, 0) is 49.2 Å². The standard InChI is InChI=1S/C36H40N4O5/c41-30(28-14-8-3-9-15-28)24-38-32-34(37-33(38)29-19-16-25(17-20-29)18-21-31(42)43)39(22-26-10-4-1-5-11-26)36(45)40(35(32)44)23-27-12-6-2-7-13-27/h3,8-9,14-21,26-27H,1-2,4-7,10-13,22-24H2,(H,42,43)/b21-18+. The van der Waals surface area contributed by atoms with Crippen LogP contribution in [-0.2, 0) is 24.4 Å². The summed E-state index contributed by atoms with van der Waals surface area (Å²) in [4.78, 5) is 58.2. The van der Waals surface area contributed by atoms with Crippen LogP contribution in [0.5, 0.6) is 0 Å². The molecule has 2 aliphatic carbocycles. The van der Waals surface area contributed by atoms with Crippen LogP contribution in [0.4, 0.5) is 0 Å². The fraction of sp³-hybridized carbons (Fsp3) is 0.417. The molecule has 0 amide bonds. The number of nitrogens with zero attached hydrogens (tertiary/aromatic N) is 4. The normalized spacial score (nSPS) is 16.4. The first-order valence-electron chi connectivity index (χ1n) is 16.2. The Kier molecular flexibility index (Phi) is 9.23. The molecular formula is C36H40N4O5. The van der Waals surface area contributed by atoms with Crippen molar-refractivity contribution in [2.45, 2.75) is 83.8 Å². The van der Waals surface area contributed by atoms with Gasteiger partial charge in [-0.2, -0.15) is 0 Å². The third kappa shape index (κ3) is 6.77. The molecule has 2 fully saturated rings. The monoisotopic (exact) mass is 608 g/mol. The highest BCUT2D eigenvalue weighted by Gasteiger charge is 2.27. The number of hydrogen-bond acceptors (Lipinski definition) is 5. The summed E-state index contributed by atoms with van der Waals surface area (Å²) in [5, 5.41) is 9.03. The minimum Gasteiger partial charge on any atom is -0.478 e. The molecule has 0 bridgehead atoms. The fourth-order valence-corrected chi connectivity index (χ4v) is 7.02. The number of hydrogen-bond donors (Lipinski definition) is 1. The summed E-state index contributed by atoms with van der Waals surface area (Å²) in [6.45, 7) is 0.745. The number of aromatic nitrogens is 4. The van der Waals surface area contributed by atoms with Gasteiger partial charge in [0.1, 0.15) is 5.82 Å². The molecule has 2 aromatic carbocycles. The summed E-state index contributed by atoms with van der Waals surface area (Å²) in [7, 11) is 0. The maximum atomic E-state index is 14.4. The first-order chi connectivity index (χ1) is 21.9. The van der Waals surface area contributed by atoms with Crippen molar-refractivity contribution in [3.05, 3.63) is 92.6 Å². The van der Waals surface area contributed by atoms with Crippen molar-refractivity contribution in [1.82, 2.24) is 18.7 Å². The summed E-state index contributed by atoms with van der Waals surface area (Å²) in [5.74, 6) is -0.202. The number of carbonyl (C=O) groups excluding carboxylic acids is 1. The topological polar surface area (TPSA) is 116 Å². The van der Waals surface area contributed by atoms with E-state index in [2.05, 4.69) is 0 Å². The molecule has 4 aromatic rings. The van der Waals surface area contributed by atoms with Crippen LogP contribution in [-0.4, -0.2) is 35.5 Å². The highest BCUT2D eigenvalue weighted by atomic mass is 16.4. The van der Waals surface area contributed by atoms with E-state index in [4.69, 9.17) is 10.1 Å². The minimum atomic E-state index is -1.04. The number of Topliss-reactive ketones (excluding diaryl/α,β-unsaturated/α-hetero) is 1. The van der Waals surface area contributed by atoms with Gasteiger partial charge in [0, 0.05) is 30.3 Å². The van der Waals surface area contributed by atoms with Crippen molar-refractivity contribution in [2.75, 3.05) is 0 Å². The van der Waals surface area contributed by atoms with Gasteiger partial charge >= 0.3 is 11.7 Å². The molecule has 0 saturated heterocycles. The second-order valence-corrected chi connectivity index (χ2v) is 12.6. The van der Waals surface area contributed by atoms with Crippen molar-refractivity contribution in [3.63, 3.8) is 0 Å². The lowest BCUT2D eigenvalue weighted by molar-refractivity contribution is -0.131. The maximum Gasteiger partial charge on any atom is 0.332 e. The van der Waals surface area contributed by atoms with Crippen LogP contribution in [0, 0.1) is 11.8 Å². The largest absolute Gasteiger partial charge is 0.478 e. The number of benzene rings is 2. The van der Waals surface area contributed by atoms with E-state index in [9.17, 15) is 19.2 Å². The third-order valence-corrected chi connectivity index (χ3v) is 9.43. The molecule has 45 heavy (non-hydrogen) atoms. The van der Waals surface area contributed by atoms with Crippen molar-refractivity contribution < 1.29 is 14.7 Å². The second-order valence-electron chi connectivity index (χ2n) is 12.6. The number of fused-ring (bicyclic) bond motifs is 1. The highest BCUT2D eigenvalue weighted by Crippen LogP contribution is 2.29. The summed E-state index contributed by atoms with van der Waals surface area (Å²) in [5.41, 5.74) is 1.75. The Balaban J connectivity index is 1.54. The maximum absolute atomic E-state index is 14.4. The second kappa shape index (κ2) is 13.6. The summed E-state index contributed by atoms with van der Waals surface area (Å²) in [6, 6.07) is 16.1. The lowest BCUT2D eigenvalue weighted by Crippen LogP contribution is -2.43. The van der Waals surface area contributed by atoms with Gasteiger partial charge in [-0.3, -0.25) is 18.7 Å². The van der Waals surface area contributed by atoms with Gasteiger partial charge in [-0.15, -0.1) is 0 Å². The highest BCUT2D eigenvalue weighted by molar-refractivity contribution is 5.97. The summed E-state index contributed by atoms with van der Waals surface area (Å²) in [6.07, 6.45) is 13.4. The van der Waals surface area contributed by atoms with Crippen molar-refractivity contribution in [2.24, 2.45) is 11.8 Å². The van der Waals surface area contributed by atoms with Crippen LogP contribution >= 0.6 is 0 Å². The molecule has 0 radical (unpaired) electrons. The van der Waals surface area contributed by atoms with Crippen LogP contribution in [0.15, 0.2) is 70.3 Å². The summed E-state index contributed by atoms with van der Waals surface area (Å²) >= 11 is 0. The van der Waals surface area contributed by atoms with Crippen LogP contribution in [0.2, 0.25) is 0 Å². The number of imidazole rings is 1. The third-order valence-electron chi connectivity index (χ3n) is 9.43. The quantitative estimate of drug-likeness (QED) is 0.170. The Morgan fingerprint density at radius 1 is 0.778 bits per heavy atom. The zero-order valence-corrected chi connectivity index (χ0v) is 25.6. The van der Waals surface area contributed by atoms with E-state index in [-0.39, 0.29) is 29.5 Å². The molecule has 0 atom stereocenters. The molecule has 2 heterocycles. The molecule has 234 valence electrons. The van der Waals surface area contributed by atoms with E-state index in [1.807, 2.05) is 18.2 Å². The number of ketones is 1. The van der Waals surface area contributed by atoms with Crippen LogP contribution < -0.4 is 11.2 Å². The number of carboxylic acid groups (broad SMARTS) is 1. The Morgan fingerprint density at radius 2 is 1.38 bits per heavy atom. The van der Waals surface area contributed by atoms with Crippen molar-refractivity contribution in [3.8, 4) is 11.4 Å². The lowest BCUT2D eigenvalue weighted by atomic mass is 9.89. The lowest BCUT2D eigenvalue weighted by Gasteiger charge is -2.25. The van der Waals surface area contributed by atoms with E-state index < -0.39 is 11.5 Å². The van der Waals surface area contributed by atoms with Gasteiger partial charge in [0.05, 0.1) is 6.54 Å². The molecule has 2 saturated carbocycles. The first-order valence-corrected chi connectivity index (χ1v) is 16.2. The van der Waals surface area contributed by atoms with E-state index in [0.29, 0.717) is 47.2 Å². The summed E-state index contributed by atoms with van der Waals surface area (Å²) < 4.78 is 4.80. The predicted molar refractivity (Wildman–Crippen MR) is 174 cm³/mol. The molecule has 1 N–H and O–H groups in total. The van der Waals surface area contributed by atoms with Gasteiger partial charge < -0.3 is 9.67 Å². The van der Waals surface area contributed by atoms with E-state index in [0.717, 1.165) is 57.4 Å². The Morgan fingerprint density at radius 3 is 1.98 bits per heavy atom. The van der Waals surface area contributed by atoms with Crippen LogP contribution in [0.3, 0.4) is 0 Å². The Hall–Kier alpha value is -4.53. The molecular weight excluding hydrogens is 568 g/mol. The molecule has 0 spiro atoms. The molecule has 9 heteroatoms. The first kappa shape index (κ1) is 30.5. The van der Waals surface area contributed by atoms with Gasteiger partial charge in [0.25, 0.3) is 5.56 Å². The molecule has 2 aliphatic rings.